The Bertz CT molecular complexity index is 2250. The SMILES string of the molecule is CC[C@H]1OC(=O)[C@H](C)[C@@H](C2C[C@@](C)(OC)[C@@H](O)[C@H](C)O2)[C@H](C)[C@@H](O[C@H]2C[C@@H](N(C)CCc3cn([C@H](CF)C(C)c4ccc(-c5ccc(OC)nc5)cc4)nn3)C[C@@H](C)O2)C(C)(C)C[C@@H](C)CN(C)[C@H](C)[C@@H](C)[C@]1(C)O. The summed E-state index contributed by atoms with van der Waals surface area (Å²) in [6.07, 6.45) is 3.56. The Labute approximate surface area is 448 Å². The first-order valence-electron chi connectivity index (χ1n) is 27.9. The summed E-state index contributed by atoms with van der Waals surface area (Å²) < 4.78 is 55.2. The molecule has 6 rings (SSSR count). The van der Waals surface area contributed by atoms with Gasteiger partial charge in [-0.05, 0) is 102 Å². The van der Waals surface area contributed by atoms with Gasteiger partial charge in [0.05, 0.1) is 54.8 Å². The molecule has 3 saturated heterocycles. The normalized spacial score (nSPS) is 36.5. The van der Waals surface area contributed by atoms with E-state index in [1.54, 1.807) is 32.0 Å². The lowest BCUT2D eigenvalue weighted by molar-refractivity contribution is -0.265. The lowest BCUT2D eigenvalue weighted by atomic mass is 9.65. The molecular formula is C59H95FN6O9. The summed E-state index contributed by atoms with van der Waals surface area (Å²) in [5, 5.41) is 32.6. The van der Waals surface area contributed by atoms with Crippen LogP contribution in [0, 0.1) is 35.0 Å². The van der Waals surface area contributed by atoms with Gasteiger partial charge in [0.2, 0.25) is 5.88 Å². The van der Waals surface area contributed by atoms with Gasteiger partial charge in [-0.3, -0.25) is 4.79 Å². The molecule has 0 saturated carbocycles. The van der Waals surface area contributed by atoms with E-state index in [1.807, 2.05) is 84.1 Å². The molecule has 16 heteroatoms. The molecule has 0 bridgehead atoms. The van der Waals surface area contributed by atoms with E-state index in [0.717, 1.165) is 41.8 Å². The highest BCUT2D eigenvalue weighted by Crippen LogP contribution is 2.47. The Morgan fingerprint density at radius 1 is 0.960 bits per heavy atom. The van der Waals surface area contributed by atoms with E-state index in [-0.39, 0.29) is 41.9 Å². The number of alkyl halides is 1. The van der Waals surface area contributed by atoms with Crippen molar-refractivity contribution in [2.24, 2.45) is 35.0 Å². The second-order valence-corrected chi connectivity index (χ2v) is 24.3. The molecule has 0 aliphatic carbocycles. The molecule has 2 aromatic heterocycles. The number of hydrogen-bond donors (Lipinski definition) is 2. The van der Waals surface area contributed by atoms with Gasteiger partial charge in [-0.1, -0.05) is 84.9 Å². The fourth-order valence-electron chi connectivity index (χ4n) is 13.2. The smallest absolute Gasteiger partial charge is 0.309 e. The molecule has 3 aliphatic rings. The van der Waals surface area contributed by atoms with E-state index in [2.05, 4.69) is 80.7 Å². The highest BCUT2D eigenvalue weighted by molar-refractivity contribution is 5.73. The monoisotopic (exact) mass is 1050 g/mol. The maximum absolute atomic E-state index is 14.9. The summed E-state index contributed by atoms with van der Waals surface area (Å²) >= 11 is 0. The van der Waals surface area contributed by atoms with Gasteiger partial charge in [-0.15, -0.1) is 5.10 Å². The van der Waals surface area contributed by atoms with E-state index in [1.165, 1.54) is 0 Å². The number of pyridine rings is 1. The Hall–Kier alpha value is -3.61. The first kappa shape index (κ1) is 60.6. The van der Waals surface area contributed by atoms with Crippen molar-refractivity contribution in [3.8, 4) is 17.0 Å². The third-order valence-corrected chi connectivity index (χ3v) is 18.3. The van der Waals surface area contributed by atoms with E-state index in [4.69, 9.17) is 28.4 Å². The van der Waals surface area contributed by atoms with Gasteiger partial charge in [0.1, 0.15) is 24.5 Å². The van der Waals surface area contributed by atoms with Gasteiger partial charge in [0.25, 0.3) is 0 Å². The number of benzene rings is 1. The quantitative estimate of drug-likeness (QED) is 0.139. The van der Waals surface area contributed by atoms with Crippen LogP contribution in [0.15, 0.2) is 48.8 Å². The number of halogens is 1. The number of carbonyl (C=O) groups excluding carboxylic acids is 1. The zero-order valence-corrected chi connectivity index (χ0v) is 48.5. The summed E-state index contributed by atoms with van der Waals surface area (Å²) in [6.45, 7) is 27.7. The van der Waals surface area contributed by atoms with E-state index < -0.39 is 83.9 Å². The molecule has 5 heterocycles. The minimum Gasteiger partial charge on any atom is -0.481 e. The molecule has 3 aromatic rings. The number of aliphatic hydroxyl groups is 2. The second kappa shape index (κ2) is 25.5. The molecule has 0 amide bonds. The molecule has 2 N–H and O–H groups in total. The van der Waals surface area contributed by atoms with Gasteiger partial charge >= 0.3 is 5.97 Å². The van der Waals surface area contributed by atoms with Gasteiger partial charge in [-0.25, -0.2) is 14.1 Å². The molecule has 15 nitrogen and oxygen atoms in total. The number of methoxy groups -OCH3 is 2. The lowest BCUT2D eigenvalue weighted by Gasteiger charge is -2.51. The van der Waals surface area contributed by atoms with Gasteiger partial charge in [0.15, 0.2) is 6.29 Å². The highest BCUT2D eigenvalue weighted by Gasteiger charge is 2.54. The molecule has 422 valence electrons. The van der Waals surface area contributed by atoms with Crippen LogP contribution in [-0.2, 0) is 34.9 Å². The predicted molar refractivity (Wildman–Crippen MR) is 290 cm³/mol. The Morgan fingerprint density at radius 3 is 2.25 bits per heavy atom. The van der Waals surface area contributed by atoms with Gasteiger partial charge in [-0.2, -0.15) is 0 Å². The fourth-order valence-corrected chi connectivity index (χ4v) is 13.2. The van der Waals surface area contributed by atoms with Crippen LogP contribution in [0.2, 0.25) is 0 Å². The third-order valence-electron chi connectivity index (χ3n) is 18.3. The molecule has 0 spiro atoms. The Balaban J connectivity index is 1.22. The zero-order valence-electron chi connectivity index (χ0n) is 48.5. The van der Waals surface area contributed by atoms with Crippen molar-refractivity contribution in [1.82, 2.24) is 29.8 Å². The van der Waals surface area contributed by atoms with Crippen LogP contribution in [0.3, 0.4) is 0 Å². The number of rotatable bonds is 15. The van der Waals surface area contributed by atoms with Crippen LogP contribution in [0.25, 0.3) is 11.1 Å². The van der Waals surface area contributed by atoms with Gasteiger partial charge in [0, 0.05) is 93.3 Å². The van der Waals surface area contributed by atoms with Crippen molar-refractivity contribution in [2.45, 2.75) is 207 Å². The second-order valence-electron chi connectivity index (χ2n) is 24.3. The average Bonchev–Trinajstić information content (AvgIpc) is 3.85. The van der Waals surface area contributed by atoms with Crippen molar-refractivity contribution in [1.29, 1.82) is 0 Å². The number of aliphatic hydroxyl groups excluding tert-OH is 1. The zero-order chi connectivity index (χ0) is 55.3. The molecular weight excluding hydrogens is 956 g/mol. The Morgan fingerprint density at radius 2 is 1.64 bits per heavy atom. The molecule has 18 atom stereocenters. The minimum absolute atomic E-state index is 0.0112. The van der Waals surface area contributed by atoms with Crippen LogP contribution in [0.1, 0.15) is 145 Å². The van der Waals surface area contributed by atoms with Crippen LogP contribution in [0.5, 0.6) is 5.88 Å². The average molecular weight is 1050 g/mol. The maximum atomic E-state index is 14.9. The number of esters is 1. The number of carbonyl (C=O) groups is 1. The van der Waals surface area contributed by atoms with Crippen LogP contribution in [-0.4, -0.2) is 160 Å². The highest BCUT2D eigenvalue weighted by atomic mass is 19.1. The molecule has 75 heavy (non-hydrogen) atoms. The minimum atomic E-state index is -1.30. The standard InChI is InChI=1S/C59H95FN6O9/c1-18-50-59(13,69)40(7)41(8)65(15)33-35(2)29-57(10,11)55(38(5)53(39(6)56(68)74-50)49-30-58(12,71-17)54(67)42(9)73-49)75-52-28-47(27-36(3)72-52)64(14)26-25-46-34-66(63-62-46)48(31-60)37(4)43-19-21-44(22-20-43)45-23-24-51(70-16)61-32-45/h19-24,32,34-42,47-50,52-55,67,69H,18,25-31,33H2,1-17H3/t35-,36-,37?,38+,39-,40-,41-,42+,47+,48-,49?,50-,52+,53+,54+,55-,58-,59+/m1/s1. The summed E-state index contributed by atoms with van der Waals surface area (Å²) in [6, 6.07) is 11.5. The fraction of sp³-hybridized carbons (Fsp3) is 0.763. The van der Waals surface area contributed by atoms with Crippen molar-refractivity contribution in [2.75, 3.05) is 48.1 Å². The topological polar surface area (TPSA) is 163 Å². The third kappa shape index (κ3) is 14.0. The Kier molecular flexibility index (Phi) is 20.6. The maximum Gasteiger partial charge on any atom is 0.309 e. The van der Waals surface area contributed by atoms with Crippen molar-refractivity contribution < 1.29 is 47.8 Å². The first-order chi connectivity index (χ1) is 35.3. The summed E-state index contributed by atoms with van der Waals surface area (Å²) in [7, 11) is 7.46. The molecule has 0 radical (unpaired) electrons. The van der Waals surface area contributed by atoms with E-state index >= 15 is 0 Å². The number of ether oxygens (including phenoxy) is 6. The number of nitrogens with zero attached hydrogens (tertiary/aromatic N) is 6. The molecule has 3 fully saturated rings. The van der Waals surface area contributed by atoms with Crippen molar-refractivity contribution in [3.63, 3.8) is 0 Å². The number of aromatic nitrogens is 4. The first-order valence-corrected chi connectivity index (χ1v) is 27.9. The molecule has 2 unspecified atom stereocenters. The number of likely N-dealkylation sites (N-methyl/N-ethyl adjacent to an activating group) is 1. The van der Waals surface area contributed by atoms with E-state index in [9.17, 15) is 19.4 Å². The van der Waals surface area contributed by atoms with Crippen LogP contribution < -0.4 is 4.74 Å². The van der Waals surface area contributed by atoms with Gasteiger partial charge < -0.3 is 48.4 Å². The molecule has 3 aliphatic heterocycles. The van der Waals surface area contributed by atoms with Crippen LogP contribution >= 0.6 is 0 Å². The van der Waals surface area contributed by atoms with Crippen molar-refractivity contribution >= 4 is 5.97 Å². The van der Waals surface area contributed by atoms with Crippen molar-refractivity contribution in [3.05, 3.63) is 60.0 Å². The lowest BCUT2D eigenvalue weighted by Crippen LogP contribution is -2.60. The summed E-state index contributed by atoms with van der Waals surface area (Å²) in [4.78, 5) is 23.8. The summed E-state index contributed by atoms with van der Waals surface area (Å²) in [5.74, 6) is -1.38. The molecule has 1 aromatic carbocycles. The largest absolute Gasteiger partial charge is 0.481 e. The van der Waals surface area contributed by atoms with E-state index in [0.29, 0.717) is 38.1 Å². The van der Waals surface area contributed by atoms with Crippen LogP contribution in [0.4, 0.5) is 4.39 Å². The number of hydrogen-bond acceptors (Lipinski definition) is 14. The predicted octanol–water partition coefficient (Wildman–Crippen LogP) is 9.34. The summed E-state index contributed by atoms with van der Waals surface area (Å²) in [5.41, 5.74) is 1.12. The number of cyclic esters (lactones) is 1.